The summed E-state index contributed by atoms with van der Waals surface area (Å²) in [5.74, 6) is 0. The van der Waals surface area contributed by atoms with Crippen molar-refractivity contribution in [2.45, 2.75) is 38.8 Å². The van der Waals surface area contributed by atoms with E-state index in [0.717, 1.165) is 25.3 Å². The van der Waals surface area contributed by atoms with Gasteiger partial charge in [-0.05, 0) is 39.8 Å². The number of nitrogens with zero attached hydrogens (tertiary/aromatic N) is 2. The number of aryl methyl sites for hydroxylation is 1. The molecule has 1 aliphatic heterocycles. The molecule has 5 nitrogen and oxygen atoms in total. The van der Waals surface area contributed by atoms with Crippen LogP contribution in [0, 0.1) is 6.92 Å². The molecule has 0 bridgehead atoms. The molecular weight excluding hydrogens is 228 g/mol. The molecule has 1 fully saturated rings. The fourth-order valence-electron chi connectivity index (χ4n) is 2.55. The first-order chi connectivity index (χ1) is 8.66. The maximum atomic E-state index is 10.00. The van der Waals surface area contributed by atoms with Crippen molar-refractivity contribution >= 4 is 0 Å². The number of nitrogens with one attached hydrogen (secondary N) is 2. The first-order valence-electron chi connectivity index (χ1n) is 6.80. The van der Waals surface area contributed by atoms with Crippen molar-refractivity contribution in [2.24, 2.45) is 0 Å². The van der Waals surface area contributed by atoms with Crippen molar-refractivity contribution in [1.82, 2.24) is 20.4 Å². The van der Waals surface area contributed by atoms with Crippen LogP contribution >= 0.6 is 0 Å². The molecule has 0 spiro atoms. The van der Waals surface area contributed by atoms with Crippen LogP contribution in [0.4, 0.5) is 0 Å². The molecule has 0 amide bonds. The first-order valence-corrected chi connectivity index (χ1v) is 6.80. The molecule has 1 saturated heterocycles. The van der Waals surface area contributed by atoms with E-state index in [9.17, 15) is 5.11 Å². The number of aromatic amines is 1. The van der Waals surface area contributed by atoms with Crippen LogP contribution in [-0.4, -0.2) is 52.5 Å². The van der Waals surface area contributed by atoms with E-state index in [-0.39, 0.29) is 12.1 Å². The Labute approximate surface area is 109 Å². The van der Waals surface area contributed by atoms with Gasteiger partial charge in [-0.2, -0.15) is 5.10 Å². The third-order valence-corrected chi connectivity index (χ3v) is 3.66. The number of aliphatic hydroxyl groups is 1. The molecule has 0 aliphatic carbocycles. The fourth-order valence-corrected chi connectivity index (χ4v) is 2.55. The second-order valence-corrected chi connectivity index (χ2v) is 5.24. The van der Waals surface area contributed by atoms with E-state index < -0.39 is 0 Å². The minimum Gasteiger partial charge on any atom is -0.390 e. The van der Waals surface area contributed by atoms with Gasteiger partial charge >= 0.3 is 0 Å². The third-order valence-electron chi connectivity index (χ3n) is 3.66. The van der Waals surface area contributed by atoms with Gasteiger partial charge in [0.15, 0.2) is 0 Å². The molecular formula is C13H24N4O. The number of hydrogen-bond acceptors (Lipinski definition) is 4. The van der Waals surface area contributed by atoms with E-state index in [2.05, 4.69) is 27.3 Å². The second-order valence-electron chi connectivity index (χ2n) is 5.24. The number of hydrogen-bond donors (Lipinski definition) is 3. The van der Waals surface area contributed by atoms with E-state index in [1.54, 1.807) is 0 Å². The summed E-state index contributed by atoms with van der Waals surface area (Å²) in [6, 6.07) is 0.219. The average Bonchev–Trinajstić information content (AvgIpc) is 2.97. The third kappa shape index (κ3) is 3.54. The van der Waals surface area contributed by atoms with Crippen molar-refractivity contribution < 1.29 is 5.11 Å². The molecule has 1 aromatic heterocycles. The van der Waals surface area contributed by atoms with Crippen LogP contribution in [0.3, 0.4) is 0 Å². The minimum atomic E-state index is -0.294. The lowest BCUT2D eigenvalue weighted by Crippen LogP contribution is -2.37. The topological polar surface area (TPSA) is 64.2 Å². The molecule has 1 aromatic rings. The Bertz CT molecular complexity index is 360. The lowest BCUT2D eigenvalue weighted by Gasteiger charge is -2.21. The Morgan fingerprint density at radius 3 is 2.83 bits per heavy atom. The van der Waals surface area contributed by atoms with Crippen LogP contribution in [0.15, 0.2) is 6.20 Å². The van der Waals surface area contributed by atoms with Crippen LogP contribution in [0.2, 0.25) is 0 Å². The Hall–Kier alpha value is -0.910. The highest BCUT2D eigenvalue weighted by molar-refractivity contribution is 5.18. The van der Waals surface area contributed by atoms with Gasteiger partial charge in [0, 0.05) is 30.4 Å². The van der Waals surface area contributed by atoms with Gasteiger partial charge in [0.1, 0.15) is 0 Å². The number of rotatable bonds is 6. The number of aliphatic hydroxyl groups excluding tert-OH is 1. The predicted molar refractivity (Wildman–Crippen MR) is 71.4 cm³/mol. The van der Waals surface area contributed by atoms with Crippen molar-refractivity contribution in [3.05, 3.63) is 17.5 Å². The SMILES string of the molecule is Cc1[nH]ncc1C(C)NCC(O)CN1CCCC1. The normalized spacial score (nSPS) is 20.2. The van der Waals surface area contributed by atoms with Crippen LogP contribution in [0.25, 0.3) is 0 Å². The molecule has 5 heteroatoms. The number of H-pyrrole nitrogens is 1. The van der Waals surface area contributed by atoms with Crippen LogP contribution in [0.1, 0.15) is 37.1 Å². The molecule has 0 aromatic carbocycles. The van der Waals surface area contributed by atoms with Gasteiger partial charge < -0.3 is 15.3 Å². The van der Waals surface area contributed by atoms with Crippen molar-refractivity contribution in [2.75, 3.05) is 26.2 Å². The van der Waals surface area contributed by atoms with E-state index in [4.69, 9.17) is 0 Å². The maximum absolute atomic E-state index is 10.00. The maximum Gasteiger partial charge on any atom is 0.0791 e. The molecule has 2 unspecified atom stereocenters. The zero-order valence-electron chi connectivity index (χ0n) is 11.3. The molecule has 1 aliphatic rings. The number of aromatic nitrogens is 2. The van der Waals surface area contributed by atoms with E-state index in [1.165, 1.54) is 18.4 Å². The van der Waals surface area contributed by atoms with Gasteiger partial charge in [-0.1, -0.05) is 0 Å². The van der Waals surface area contributed by atoms with E-state index in [0.29, 0.717) is 6.54 Å². The second kappa shape index (κ2) is 6.31. The lowest BCUT2D eigenvalue weighted by atomic mass is 10.1. The highest BCUT2D eigenvalue weighted by atomic mass is 16.3. The van der Waals surface area contributed by atoms with Gasteiger partial charge in [-0.15, -0.1) is 0 Å². The zero-order valence-corrected chi connectivity index (χ0v) is 11.3. The number of β-amino-alcohol motifs (C(OH)–C–C–N with tert-alkyl or cyclic N) is 1. The van der Waals surface area contributed by atoms with Gasteiger partial charge in [0.05, 0.1) is 12.3 Å². The predicted octanol–water partition coefficient (Wildman–Crippen LogP) is 0.825. The minimum absolute atomic E-state index is 0.219. The van der Waals surface area contributed by atoms with Crippen LogP contribution in [0.5, 0.6) is 0 Å². The Morgan fingerprint density at radius 1 is 1.50 bits per heavy atom. The van der Waals surface area contributed by atoms with Gasteiger partial charge in [-0.25, -0.2) is 0 Å². The molecule has 2 rings (SSSR count). The fraction of sp³-hybridized carbons (Fsp3) is 0.769. The van der Waals surface area contributed by atoms with Gasteiger partial charge in [0.2, 0.25) is 0 Å². The molecule has 18 heavy (non-hydrogen) atoms. The van der Waals surface area contributed by atoms with Crippen molar-refractivity contribution in [1.29, 1.82) is 0 Å². The van der Waals surface area contributed by atoms with Crippen molar-refractivity contribution in [3.8, 4) is 0 Å². The summed E-state index contributed by atoms with van der Waals surface area (Å²) in [5, 5.41) is 20.3. The van der Waals surface area contributed by atoms with Crippen molar-refractivity contribution in [3.63, 3.8) is 0 Å². The molecule has 0 radical (unpaired) electrons. The summed E-state index contributed by atoms with van der Waals surface area (Å²) in [7, 11) is 0. The molecule has 2 heterocycles. The van der Waals surface area contributed by atoms with E-state index in [1.807, 2.05) is 13.1 Å². The van der Waals surface area contributed by atoms with Gasteiger partial charge in [-0.3, -0.25) is 5.10 Å². The molecule has 2 atom stereocenters. The summed E-state index contributed by atoms with van der Waals surface area (Å²) in [5.41, 5.74) is 2.26. The first kappa shape index (κ1) is 13.5. The Morgan fingerprint density at radius 2 is 2.22 bits per heavy atom. The summed E-state index contributed by atoms with van der Waals surface area (Å²) in [6.45, 7) is 7.79. The molecule has 102 valence electrons. The summed E-state index contributed by atoms with van der Waals surface area (Å²) < 4.78 is 0. The molecule has 0 saturated carbocycles. The Balaban J connectivity index is 1.72. The quantitative estimate of drug-likeness (QED) is 0.701. The zero-order chi connectivity index (χ0) is 13.0. The van der Waals surface area contributed by atoms with Crippen LogP contribution in [-0.2, 0) is 0 Å². The van der Waals surface area contributed by atoms with Crippen LogP contribution < -0.4 is 5.32 Å². The largest absolute Gasteiger partial charge is 0.390 e. The summed E-state index contributed by atoms with van der Waals surface area (Å²) in [4.78, 5) is 2.33. The lowest BCUT2D eigenvalue weighted by molar-refractivity contribution is 0.121. The number of likely N-dealkylation sites (tertiary alicyclic amines) is 1. The Kier molecular flexibility index (Phi) is 4.74. The summed E-state index contributed by atoms with van der Waals surface area (Å²) >= 11 is 0. The highest BCUT2D eigenvalue weighted by Gasteiger charge is 2.17. The smallest absolute Gasteiger partial charge is 0.0791 e. The average molecular weight is 252 g/mol. The molecule has 3 N–H and O–H groups in total. The standard InChI is InChI=1S/C13H24N4O/c1-10(13-8-15-16-11(13)2)14-7-12(18)9-17-5-3-4-6-17/h8,10,12,14,18H,3-7,9H2,1-2H3,(H,15,16). The van der Waals surface area contributed by atoms with E-state index >= 15 is 0 Å². The highest BCUT2D eigenvalue weighted by Crippen LogP contribution is 2.14. The van der Waals surface area contributed by atoms with Gasteiger partial charge in [0.25, 0.3) is 0 Å². The monoisotopic (exact) mass is 252 g/mol. The summed E-state index contributed by atoms with van der Waals surface area (Å²) in [6.07, 6.45) is 4.09.